The van der Waals surface area contributed by atoms with Crippen LogP contribution in [0.5, 0.6) is 0 Å². The molecule has 0 bridgehead atoms. The summed E-state index contributed by atoms with van der Waals surface area (Å²) in [6.07, 6.45) is 1.84. The topological polar surface area (TPSA) is 20.3 Å². The number of halogens is 1. The van der Waals surface area contributed by atoms with Crippen molar-refractivity contribution in [2.75, 3.05) is 0 Å². The Hall–Kier alpha value is -2.16. The van der Waals surface area contributed by atoms with Gasteiger partial charge in [-0.1, -0.05) is 48.5 Å². The van der Waals surface area contributed by atoms with Crippen LogP contribution in [0, 0.1) is 5.82 Å². The van der Waals surface area contributed by atoms with Gasteiger partial charge in [-0.25, -0.2) is 4.39 Å². The fraction of sp³-hybridized carbons (Fsp3) is 0.133. The fourth-order valence-corrected chi connectivity index (χ4v) is 1.76. The average Bonchev–Trinajstić information content (AvgIpc) is 2.41. The maximum Gasteiger partial charge on any atom is 0.312 e. The normalized spacial score (nSPS) is 10.1. The van der Waals surface area contributed by atoms with Gasteiger partial charge >= 0.3 is 6.41 Å². The van der Waals surface area contributed by atoms with Gasteiger partial charge in [-0.2, -0.15) is 0 Å². The Morgan fingerprint density at radius 1 is 0.944 bits per heavy atom. The third-order valence-electron chi connectivity index (χ3n) is 2.66. The number of hydrogen-bond donors (Lipinski definition) is 0. The lowest BCUT2D eigenvalue weighted by Crippen LogP contribution is -2.21. The van der Waals surface area contributed by atoms with E-state index in [-0.39, 0.29) is 12.4 Å². The Kier molecular flexibility index (Phi) is 4.07. The number of benzene rings is 2. The third-order valence-corrected chi connectivity index (χ3v) is 2.66. The Labute approximate surface area is 106 Å². The van der Waals surface area contributed by atoms with Crippen molar-refractivity contribution in [1.82, 2.24) is 4.90 Å². The molecule has 0 unspecified atom stereocenters. The van der Waals surface area contributed by atoms with Crippen LogP contribution in [0.15, 0.2) is 54.6 Å². The van der Waals surface area contributed by atoms with Gasteiger partial charge < -0.3 is 4.90 Å². The lowest BCUT2D eigenvalue weighted by atomic mass is 10.1. The molecule has 18 heavy (non-hydrogen) atoms. The number of rotatable bonds is 5. The second-order valence-electron chi connectivity index (χ2n) is 4.02. The molecule has 0 spiro atoms. The van der Waals surface area contributed by atoms with E-state index in [0.29, 0.717) is 12.1 Å². The molecule has 0 N–H and O–H groups in total. The summed E-state index contributed by atoms with van der Waals surface area (Å²) in [6.45, 7) is 0.656. The molecule has 3 heteroatoms. The van der Waals surface area contributed by atoms with Crippen LogP contribution >= 0.6 is 0 Å². The average molecular weight is 242 g/mol. The van der Waals surface area contributed by atoms with Crippen LogP contribution in [0.4, 0.5) is 4.39 Å². The Morgan fingerprint density at radius 3 is 2.28 bits per heavy atom. The molecule has 0 aliphatic carbocycles. The van der Waals surface area contributed by atoms with Crippen molar-refractivity contribution in [3.05, 3.63) is 71.5 Å². The zero-order valence-electron chi connectivity index (χ0n) is 9.84. The van der Waals surface area contributed by atoms with E-state index in [1.54, 1.807) is 18.2 Å². The predicted octanol–water partition coefficient (Wildman–Crippen LogP) is 2.90. The first-order valence-corrected chi connectivity index (χ1v) is 5.69. The molecule has 2 nitrogen and oxygen atoms in total. The second kappa shape index (κ2) is 5.96. The van der Waals surface area contributed by atoms with E-state index >= 15 is 0 Å². The van der Waals surface area contributed by atoms with E-state index in [1.807, 2.05) is 36.7 Å². The monoisotopic (exact) mass is 242 g/mol. The quantitative estimate of drug-likeness (QED) is 0.738. The van der Waals surface area contributed by atoms with Gasteiger partial charge in [-0.15, -0.1) is 0 Å². The maximum atomic E-state index is 13.5. The van der Waals surface area contributed by atoms with Crippen molar-refractivity contribution in [3.8, 4) is 0 Å². The van der Waals surface area contributed by atoms with Gasteiger partial charge in [0.15, 0.2) is 0 Å². The van der Waals surface area contributed by atoms with Crippen molar-refractivity contribution in [3.63, 3.8) is 0 Å². The number of carbonyl (C=O) groups excluding carboxylic acids is 1. The molecular weight excluding hydrogens is 229 g/mol. The Morgan fingerprint density at radius 2 is 1.61 bits per heavy atom. The van der Waals surface area contributed by atoms with Gasteiger partial charge in [-0.05, 0) is 11.6 Å². The molecule has 0 fully saturated rings. The van der Waals surface area contributed by atoms with Crippen LogP contribution in [0.25, 0.3) is 0 Å². The summed E-state index contributed by atoms with van der Waals surface area (Å²) in [7, 11) is 0. The van der Waals surface area contributed by atoms with Crippen LogP contribution in [0.3, 0.4) is 0 Å². The van der Waals surface area contributed by atoms with Gasteiger partial charge in [0.1, 0.15) is 5.82 Å². The summed E-state index contributed by atoms with van der Waals surface area (Å²) >= 11 is 0. The van der Waals surface area contributed by atoms with E-state index in [1.165, 1.54) is 11.0 Å². The number of hydrogen-bond acceptors (Lipinski definition) is 1. The summed E-state index contributed by atoms with van der Waals surface area (Å²) in [5, 5.41) is 0. The smallest absolute Gasteiger partial charge is 0.312 e. The second-order valence-corrected chi connectivity index (χ2v) is 4.02. The summed E-state index contributed by atoms with van der Waals surface area (Å²) in [5.41, 5.74) is 1.49. The lowest BCUT2D eigenvalue weighted by Gasteiger charge is -2.16. The summed E-state index contributed by atoms with van der Waals surface area (Å²) < 4.78 is 13.5. The van der Waals surface area contributed by atoms with Crippen LogP contribution in [-0.4, -0.2) is 11.3 Å². The molecule has 1 amide bonds. The van der Waals surface area contributed by atoms with E-state index in [4.69, 9.17) is 0 Å². The molecule has 0 aliphatic heterocycles. The first-order valence-electron chi connectivity index (χ1n) is 5.69. The molecule has 0 aliphatic rings. The molecule has 0 saturated carbocycles. The summed E-state index contributed by atoms with van der Waals surface area (Å²) in [5.74, 6) is -0.300. The highest BCUT2D eigenvalue weighted by atomic mass is 19.1. The highest BCUT2D eigenvalue weighted by molar-refractivity contribution is 5.48. The van der Waals surface area contributed by atoms with E-state index in [9.17, 15) is 9.18 Å². The van der Waals surface area contributed by atoms with Crippen molar-refractivity contribution >= 4 is 6.41 Å². The highest BCUT2D eigenvalue weighted by Gasteiger charge is 2.08. The van der Waals surface area contributed by atoms with Gasteiger partial charge in [0.05, 0.1) is 0 Å². The van der Waals surface area contributed by atoms with Crippen LogP contribution in [0.1, 0.15) is 11.1 Å². The molecule has 2 aromatic rings. The minimum Gasteiger partial charge on any atom is -0.326 e. The lowest BCUT2D eigenvalue weighted by molar-refractivity contribution is 0.362. The van der Waals surface area contributed by atoms with Crippen molar-refractivity contribution in [2.24, 2.45) is 0 Å². The minimum atomic E-state index is -0.300. The molecule has 1 radical (unpaired) electrons. The fourth-order valence-electron chi connectivity index (χ4n) is 1.76. The van der Waals surface area contributed by atoms with E-state index in [0.717, 1.165) is 5.56 Å². The Balaban J connectivity index is 2.07. The predicted molar refractivity (Wildman–Crippen MR) is 67.8 cm³/mol. The van der Waals surface area contributed by atoms with Gasteiger partial charge in [0.25, 0.3) is 0 Å². The van der Waals surface area contributed by atoms with Gasteiger partial charge in [-0.3, -0.25) is 4.79 Å². The SMILES string of the molecule is O=[C]N(Cc1ccccc1)Cc1ccccc1F. The standard InChI is InChI=1S/C15H13FNO/c16-15-9-5-4-8-14(15)11-17(12-18)10-13-6-2-1-3-7-13/h1-9H,10-11H2. The van der Waals surface area contributed by atoms with Crippen LogP contribution < -0.4 is 0 Å². The number of amides is 1. The third kappa shape index (κ3) is 3.17. The first kappa shape index (κ1) is 12.3. The molecule has 2 aromatic carbocycles. The summed E-state index contributed by atoms with van der Waals surface area (Å²) in [4.78, 5) is 12.3. The molecule has 2 rings (SSSR count). The molecule has 91 valence electrons. The number of nitrogens with zero attached hydrogens (tertiary/aromatic N) is 1. The summed E-state index contributed by atoms with van der Waals surface area (Å²) in [6, 6.07) is 16.0. The highest BCUT2D eigenvalue weighted by Crippen LogP contribution is 2.11. The van der Waals surface area contributed by atoms with E-state index < -0.39 is 0 Å². The Bertz CT molecular complexity index is 513. The molecule has 0 saturated heterocycles. The van der Waals surface area contributed by atoms with Crippen molar-refractivity contribution in [1.29, 1.82) is 0 Å². The zero-order valence-corrected chi connectivity index (χ0v) is 9.84. The van der Waals surface area contributed by atoms with E-state index in [2.05, 4.69) is 0 Å². The van der Waals surface area contributed by atoms with Crippen LogP contribution in [0.2, 0.25) is 0 Å². The maximum absolute atomic E-state index is 13.5. The van der Waals surface area contributed by atoms with Crippen LogP contribution in [-0.2, 0) is 17.9 Å². The van der Waals surface area contributed by atoms with Crippen molar-refractivity contribution in [2.45, 2.75) is 13.1 Å². The molecule has 0 heterocycles. The zero-order chi connectivity index (χ0) is 12.8. The molecule has 0 atom stereocenters. The minimum absolute atomic E-state index is 0.227. The van der Waals surface area contributed by atoms with Crippen molar-refractivity contribution < 1.29 is 9.18 Å². The first-order chi connectivity index (χ1) is 8.79. The largest absolute Gasteiger partial charge is 0.326 e. The molecule has 0 aromatic heterocycles. The van der Waals surface area contributed by atoms with Gasteiger partial charge in [0, 0.05) is 18.7 Å². The molecular formula is C15H13FNO. The van der Waals surface area contributed by atoms with Gasteiger partial charge in [0.2, 0.25) is 0 Å².